The Labute approximate surface area is 169 Å². The van der Waals surface area contributed by atoms with Crippen LogP contribution in [0.2, 0.25) is 0 Å². The highest BCUT2D eigenvalue weighted by Gasteiger charge is 2.29. The van der Waals surface area contributed by atoms with Crippen LogP contribution in [0, 0.1) is 20.8 Å². The predicted octanol–water partition coefficient (Wildman–Crippen LogP) is 4.26. The summed E-state index contributed by atoms with van der Waals surface area (Å²) < 4.78 is 5.15. The Kier molecular flexibility index (Phi) is 6.87. The number of rotatable bonds is 6. The lowest BCUT2D eigenvalue weighted by atomic mass is 10.00. The number of carbonyl (C=O) groups is 1. The van der Waals surface area contributed by atoms with E-state index in [0.29, 0.717) is 0 Å². The molecule has 1 heterocycles. The summed E-state index contributed by atoms with van der Waals surface area (Å²) in [5.41, 5.74) is 6.21. The molecule has 1 aliphatic heterocycles. The van der Waals surface area contributed by atoms with Gasteiger partial charge in [0.2, 0.25) is 0 Å². The minimum absolute atomic E-state index is 0.0423. The van der Waals surface area contributed by atoms with Crippen LogP contribution in [0.25, 0.3) is 0 Å². The number of likely N-dealkylation sites (tertiary alicyclic amines) is 1. The van der Waals surface area contributed by atoms with Crippen LogP contribution in [0.3, 0.4) is 0 Å². The summed E-state index contributed by atoms with van der Waals surface area (Å²) in [5, 5.41) is 0. The van der Waals surface area contributed by atoms with E-state index in [4.69, 9.17) is 4.74 Å². The van der Waals surface area contributed by atoms with E-state index in [-0.39, 0.29) is 18.6 Å². The maximum Gasteiger partial charge on any atom is 0.253 e. The summed E-state index contributed by atoms with van der Waals surface area (Å²) >= 11 is 0. The van der Waals surface area contributed by atoms with Crippen LogP contribution in [-0.2, 0) is 16.1 Å². The molecular weight excluding hydrogens is 348 g/mol. The summed E-state index contributed by atoms with van der Waals surface area (Å²) in [6.45, 7) is 9.49. The van der Waals surface area contributed by atoms with Crippen LogP contribution in [0.15, 0.2) is 42.5 Å². The molecule has 0 spiro atoms. The minimum atomic E-state index is 0.0423. The number of ether oxygens (including phenoxy) is 1. The summed E-state index contributed by atoms with van der Waals surface area (Å²) in [6, 6.07) is 15.2. The molecule has 3 rings (SSSR count). The average molecular weight is 381 g/mol. The molecule has 0 radical (unpaired) electrons. The maximum atomic E-state index is 12.8. The quantitative estimate of drug-likeness (QED) is 0.751. The summed E-state index contributed by atoms with van der Waals surface area (Å²) in [7, 11) is 1.58. The standard InChI is InChI=1S/C24H32N2O2/c1-18-6-5-7-23(14-18)26(24(27)17-28-4)22-10-12-25(13-11-22)16-21-9-8-19(2)20(3)15-21/h5-9,14-15,22H,10-13,16-17H2,1-4H3. The molecule has 1 fully saturated rings. The van der Waals surface area contributed by atoms with Crippen molar-refractivity contribution >= 4 is 11.6 Å². The van der Waals surface area contributed by atoms with Gasteiger partial charge in [-0.2, -0.15) is 0 Å². The number of carbonyl (C=O) groups excluding carboxylic acids is 1. The first-order valence-electron chi connectivity index (χ1n) is 10.1. The molecule has 4 nitrogen and oxygen atoms in total. The van der Waals surface area contributed by atoms with Gasteiger partial charge in [-0.3, -0.25) is 9.69 Å². The van der Waals surface area contributed by atoms with Crippen LogP contribution in [0.5, 0.6) is 0 Å². The summed E-state index contributed by atoms with van der Waals surface area (Å²) in [6.07, 6.45) is 1.96. The van der Waals surface area contributed by atoms with Gasteiger partial charge >= 0.3 is 0 Å². The molecule has 1 aliphatic rings. The van der Waals surface area contributed by atoms with E-state index in [1.54, 1.807) is 7.11 Å². The largest absolute Gasteiger partial charge is 0.375 e. The molecule has 2 aromatic rings. The SMILES string of the molecule is COCC(=O)N(c1cccc(C)c1)C1CCN(Cc2ccc(C)c(C)c2)CC1. The first-order valence-corrected chi connectivity index (χ1v) is 10.1. The van der Waals surface area contributed by atoms with Crippen molar-refractivity contribution in [3.63, 3.8) is 0 Å². The molecule has 1 amide bonds. The van der Waals surface area contributed by atoms with E-state index in [2.05, 4.69) is 56.0 Å². The van der Waals surface area contributed by atoms with E-state index >= 15 is 0 Å². The van der Waals surface area contributed by atoms with Crippen LogP contribution in [0.1, 0.15) is 35.1 Å². The number of methoxy groups -OCH3 is 1. The molecule has 0 atom stereocenters. The molecule has 0 aromatic heterocycles. The van der Waals surface area contributed by atoms with E-state index in [1.165, 1.54) is 22.3 Å². The third kappa shape index (κ3) is 5.00. The molecule has 4 heteroatoms. The number of anilines is 1. The van der Waals surface area contributed by atoms with Gasteiger partial charge in [-0.1, -0.05) is 30.3 Å². The zero-order valence-corrected chi connectivity index (χ0v) is 17.6. The number of nitrogens with zero attached hydrogens (tertiary/aromatic N) is 2. The molecular formula is C24H32N2O2. The van der Waals surface area contributed by atoms with Crippen LogP contribution in [0.4, 0.5) is 5.69 Å². The predicted molar refractivity (Wildman–Crippen MR) is 115 cm³/mol. The van der Waals surface area contributed by atoms with Crippen molar-refractivity contribution in [1.29, 1.82) is 0 Å². The second-order valence-corrected chi connectivity index (χ2v) is 7.96. The van der Waals surface area contributed by atoms with Crippen molar-refractivity contribution in [3.05, 3.63) is 64.7 Å². The van der Waals surface area contributed by atoms with Crippen LogP contribution >= 0.6 is 0 Å². The number of aryl methyl sites for hydroxylation is 3. The molecule has 0 unspecified atom stereocenters. The van der Waals surface area contributed by atoms with Crippen molar-refractivity contribution in [2.45, 2.75) is 46.2 Å². The lowest BCUT2D eigenvalue weighted by Gasteiger charge is -2.38. The van der Waals surface area contributed by atoms with Gasteiger partial charge in [0.25, 0.3) is 5.91 Å². The zero-order valence-electron chi connectivity index (χ0n) is 17.6. The fraction of sp³-hybridized carbons (Fsp3) is 0.458. The van der Waals surface area contributed by atoms with Gasteiger partial charge in [0.1, 0.15) is 6.61 Å². The van der Waals surface area contributed by atoms with Gasteiger partial charge in [0.15, 0.2) is 0 Å². The van der Waals surface area contributed by atoms with Gasteiger partial charge in [0.05, 0.1) is 0 Å². The molecule has 0 N–H and O–H groups in total. The van der Waals surface area contributed by atoms with E-state index in [1.807, 2.05) is 17.0 Å². The number of piperidine rings is 1. The van der Waals surface area contributed by atoms with Gasteiger partial charge in [-0.05, 0) is 68.0 Å². The van der Waals surface area contributed by atoms with E-state index in [9.17, 15) is 4.79 Å². The summed E-state index contributed by atoms with van der Waals surface area (Å²) in [4.78, 5) is 17.2. The highest BCUT2D eigenvalue weighted by atomic mass is 16.5. The molecule has 1 saturated heterocycles. The van der Waals surface area contributed by atoms with Crippen molar-refractivity contribution in [2.75, 3.05) is 31.7 Å². The number of amides is 1. The fourth-order valence-electron chi connectivity index (χ4n) is 4.02. The fourth-order valence-corrected chi connectivity index (χ4v) is 4.02. The second-order valence-electron chi connectivity index (χ2n) is 7.96. The molecule has 28 heavy (non-hydrogen) atoms. The van der Waals surface area contributed by atoms with Gasteiger partial charge < -0.3 is 9.64 Å². The van der Waals surface area contributed by atoms with Crippen LogP contribution in [-0.4, -0.2) is 43.7 Å². The number of benzene rings is 2. The Morgan fingerprint density at radius 3 is 2.46 bits per heavy atom. The van der Waals surface area contributed by atoms with Crippen molar-refractivity contribution in [3.8, 4) is 0 Å². The second kappa shape index (κ2) is 9.35. The Bertz CT molecular complexity index is 810. The first-order chi connectivity index (χ1) is 13.5. The van der Waals surface area contributed by atoms with E-state index < -0.39 is 0 Å². The molecule has 150 valence electrons. The highest BCUT2D eigenvalue weighted by molar-refractivity contribution is 5.95. The first kappa shape index (κ1) is 20.6. The van der Waals surface area contributed by atoms with E-state index in [0.717, 1.165) is 38.2 Å². The highest BCUT2D eigenvalue weighted by Crippen LogP contribution is 2.26. The third-order valence-electron chi connectivity index (χ3n) is 5.72. The van der Waals surface area contributed by atoms with Crippen molar-refractivity contribution < 1.29 is 9.53 Å². The number of hydrogen-bond donors (Lipinski definition) is 0. The Morgan fingerprint density at radius 1 is 1.07 bits per heavy atom. The maximum absolute atomic E-state index is 12.8. The molecule has 0 saturated carbocycles. The monoisotopic (exact) mass is 380 g/mol. The average Bonchev–Trinajstić information content (AvgIpc) is 2.67. The Hall–Kier alpha value is -2.17. The van der Waals surface area contributed by atoms with Gasteiger partial charge in [-0.25, -0.2) is 0 Å². The van der Waals surface area contributed by atoms with Gasteiger partial charge in [0, 0.05) is 38.5 Å². The summed E-state index contributed by atoms with van der Waals surface area (Å²) in [5.74, 6) is 0.0423. The van der Waals surface area contributed by atoms with Crippen molar-refractivity contribution in [2.24, 2.45) is 0 Å². The minimum Gasteiger partial charge on any atom is -0.375 e. The topological polar surface area (TPSA) is 32.8 Å². The normalized spacial score (nSPS) is 15.6. The third-order valence-corrected chi connectivity index (χ3v) is 5.72. The molecule has 2 aromatic carbocycles. The lowest BCUT2D eigenvalue weighted by Crippen LogP contribution is -2.48. The number of hydrogen-bond acceptors (Lipinski definition) is 3. The Morgan fingerprint density at radius 2 is 1.82 bits per heavy atom. The lowest BCUT2D eigenvalue weighted by molar-refractivity contribution is -0.122. The molecule has 0 aliphatic carbocycles. The van der Waals surface area contributed by atoms with Crippen molar-refractivity contribution in [1.82, 2.24) is 4.90 Å². The van der Waals surface area contributed by atoms with Gasteiger partial charge in [-0.15, -0.1) is 0 Å². The zero-order chi connectivity index (χ0) is 20.1. The smallest absolute Gasteiger partial charge is 0.253 e. The molecule has 0 bridgehead atoms. The van der Waals surface area contributed by atoms with Crippen LogP contribution < -0.4 is 4.90 Å². The Balaban J connectivity index is 1.67.